The summed E-state index contributed by atoms with van der Waals surface area (Å²) in [4.78, 5) is 2.48. The van der Waals surface area contributed by atoms with Crippen LogP contribution in [0.3, 0.4) is 0 Å². The summed E-state index contributed by atoms with van der Waals surface area (Å²) in [6, 6.07) is 8.20. The molecule has 122 valence electrons. The Bertz CT molecular complexity index is 412. The van der Waals surface area contributed by atoms with E-state index in [9.17, 15) is 0 Å². The Morgan fingerprint density at radius 3 is 1.36 bits per heavy atom. The lowest BCUT2D eigenvalue weighted by atomic mass is 10.5. The smallest absolute Gasteiger partial charge is 0.0810 e. The summed E-state index contributed by atoms with van der Waals surface area (Å²) >= 11 is 3.41. The van der Waals surface area contributed by atoms with E-state index in [4.69, 9.17) is 18.9 Å². The zero-order valence-electron chi connectivity index (χ0n) is 12.6. The molecule has 0 unspecified atom stereocenters. The molecule has 0 radical (unpaired) electrons. The van der Waals surface area contributed by atoms with Crippen molar-refractivity contribution in [3.8, 4) is 0 Å². The van der Waals surface area contributed by atoms with Gasteiger partial charge in [-0.25, -0.2) is 0 Å². The number of hydrogen-bond acceptors (Lipinski definition) is 6. The van der Waals surface area contributed by atoms with Crippen molar-refractivity contribution in [2.45, 2.75) is 13.2 Å². The second-order valence-electron chi connectivity index (χ2n) is 4.49. The van der Waals surface area contributed by atoms with E-state index in [1.54, 1.807) is 22.7 Å². The van der Waals surface area contributed by atoms with Crippen molar-refractivity contribution >= 4 is 22.7 Å². The average molecular weight is 342 g/mol. The van der Waals surface area contributed by atoms with Crippen LogP contribution in [0.4, 0.5) is 0 Å². The van der Waals surface area contributed by atoms with Gasteiger partial charge in [-0.2, -0.15) is 0 Å². The first-order valence-electron chi connectivity index (χ1n) is 7.31. The summed E-state index contributed by atoms with van der Waals surface area (Å²) in [5, 5.41) is 4.10. The third-order valence-corrected chi connectivity index (χ3v) is 4.46. The molecular weight excluding hydrogens is 320 g/mol. The largest absolute Gasteiger partial charge is 0.377 e. The molecule has 0 aromatic carbocycles. The molecule has 0 bridgehead atoms. The van der Waals surface area contributed by atoms with E-state index < -0.39 is 0 Å². The van der Waals surface area contributed by atoms with Crippen LogP contribution in [0.5, 0.6) is 0 Å². The molecule has 0 saturated heterocycles. The fourth-order valence-electron chi connectivity index (χ4n) is 1.69. The maximum Gasteiger partial charge on any atom is 0.0810 e. The van der Waals surface area contributed by atoms with Crippen LogP contribution >= 0.6 is 22.7 Å². The van der Waals surface area contributed by atoms with E-state index in [1.807, 2.05) is 12.1 Å². The summed E-state index contributed by atoms with van der Waals surface area (Å²) < 4.78 is 21.9. The van der Waals surface area contributed by atoms with E-state index in [0.717, 1.165) is 0 Å². The Kier molecular flexibility index (Phi) is 9.40. The third kappa shape index (κ3) is 8.03. The molecule has 0 aliphatic heterocycles. The normalized spacial score (nSPS) is 11.1. The lowest BCUT2D eigenvalue weighted by Crippen LogP contribution is -2.11. The van der Waals surface area contributed by atoms with Gasteiger partial charge in [0.2, 0.25) is 0 Å². The third-order valence-electron chi connectivity index (χ3n) is 2.76. The van der Waals surface area contributed by atoms with Crippen LogP contribution in [0.15, 0.2) is 35.0 Å². The Morgan fingerprint density at radius 2 is 1.00 bits per heavy atom. The van der Waals surface area contributed by atoms with Gasteiger partial charge in [-0.1, -0.05) is 12.1 Å². The molecule has 2 aromatic heterocycles. The molecule has 4 nitrogen and oxygen atoms in total. The Morgan fingerprint density at radius 1 is 0.591 bits per heavy atom. The van der Waals surface area contributed by atoms with Gasteiger partial charge in [0, 0.05) is 9.75 Å². The molecule has 0 N–H and O–H groups in total. The summed E-state index contributed by atoms with van der Waals surface area (Å²) in [5.41, 5.74) is 0. The van der Waals surface area contributed by atoms with Gasteiger partial charge in [0.15, 0.2) is 0 Å². The van der Waals surface area contributed by atoms with Gasteiger partial charge < -0.3 is 18.9 Å². The van der Waals surface area contributed by atoms with Crippen LogP contribution in [0.2, 0.25) is 0 Å². The Labute approximate surface area is 139 Å². The summed E-state index contributed by atoms with van der Waals surface area (Å²) in [7, 11) is 0. The zero-order chi connectivity index (χ0) is 15.3. The predicted octanol–water partition coefficient (Wildman–Crippen LogP) is 3.58. The fraction of sp³-hybridized carbons (Fsp3) is 0.500. The van der Waals surface area contributed by atoms with Crippen molar-refractivity contribution < 1.29 is 18.9 Å². The molecule has 0 atom stereocenters. The Hall–Kier alpha value is -0.760. The number of hydrogen-bond donors (Lipinski definition) is 0. The average Bonchev–Trinajstić information content (AvgIpc) is 3.21. The van der Waals surface area contributed by atoms with Crippen LogP contribution in [0.1, 0.15) is 9.75 Å². The molecule has 0 amide bonds. The standard InChI is InChI=1S/C16H22O4S2/c1-3-15(21-11-1)13-19-9-7-17-5-6-18-8-10-20-14-16-4-2-12-22-16/h1-4,11-12H,5-10,13-14H2. The van der Waals surface area contributed by atoms with Crippen molar-refractivity contribution in [1.82, 2.24) is 0 Å². The monoisotopic (exact) mass is 342 g/mol. The van der Waals surface area contributed by atoms with Gasteiger partial charge in [-0.15, -0.1) is 22.7 Å². The molecular formula is C16H22O4S2. The summed E-state index contributed by atoms with van der Waals surface area (Å²) in [6.07, 6.45) is 0. The van der Waals surface area contributed by atoms with Crippen LogP contribution in [0.25, 0.3) is 0 Å². The SMILES string of the molecule is c1csc(COCCOCCOCCOCc2cccs2)c1. The molecule has 0 saturated carbocycles. The minimum absolute atomic E-state index is 0.591. The molecule has 2 aromatic rings. The van der Waals surface area contributed by atoms with Crippen molar-refractivity contribution in [3.63, 3.8) is 0 Å². The predicted molar refractivity (Wildman–Crippen MR) is 89.6 cm³/mol. The van der Waals surface area contributed by atoms with E-state index in [0.29, 0.717) is 52.9 Å². The van der Waals surface area contributed by atoms with Gasteiger partial charge in [0.25, 0.3) is 0 Å². The summed E-state index contributed by atoms with van der Waals surface area (Å²) in [6.45, 7) is 4.94. The first-order valence-corrected chi connectivity index (χ1v) is 9.07. The van der Waals surface area contributed by atoms with Crippen LogP contribution in [-0.2, 0) is 32.2 Å². The van der Waals surface area contributed by atoms with E-state index in [2.05, 4.69) is 22.9 Å². The summed E-state index contributed by atoms with van der Waals surface area (Å²) in [5.74, 6) is 0. The highest BCUT2D eigenvalue weighted by Gasteiger charge is 1.96. The van der Waals surface area contributed by atoms with E-state index >= 15 is 0 Å². The lowest BCUT2D eigenvalue weighted by molar-refractivity contribution is -0.00568. The zero-order valence-corrected chi connectivity index (χ0v) is 14.2. The minimum atomic E-state index is 0.591. The van der Waals surface area contributed by atoms with Crippen molar-refractivity contribution in [2.75, 3.05) is 39.6 Å². The number of ether oxygens (including phenoxy) is 4. The second kappa shape index (κ2) is 11.8. The molecule has 0 fully saturated rings. The van der Waals surface area contributed by atoms with Gasteiger partial charge in [-0.05, 0) is 22.9 Å². The van der Waals surface area contributed by atoms with E-state index in [1.165, 1.54) is 9.75 Å². The second-order valence-corrected chi connectivity index (χ2v) is 6.55. The highest BCUT2D eigenvalue weighted by Crippen LogP contribution is 2.09. The number of rotatable bonds is 13. The first kappa shape index (κ1) is 17.6. The highest BCUT2D eigenvalue weighted by molar-refractivity contribution is 7.10. The van der Waals surface area contributed by atoms with Crippen LogP contribution < -0.4 is 0 Å². The maximum absolute atomic E-state index is 5.50. The lowest BCUT2D eigenvalue weighted by Gasteiger charge is -2.07. The Balaban J connectivity index is 1.29. The first-order chi connectivity index (χ1) is 10.9. The van der Waals surface area contributed by atoms with Crippen molar-refractivity contribution in [2.24, 2.45) is 0 Å². The van der Waals surface area contributed by atoms with Gasteiger partial charge in [0.1, 0.15) is 0 Å². The fourth-order valence-corrected chi connectivity index (χ4v) is 2.97. The quantitative estimate of drug-likeness (QED) is 0.522. The molecule has 0 spiro atoms. The molecule has 0 aliphatic carbocycles. The van der Waals surface area contributed by atoms with Crippen molar-refractivity contribution in [3.05, 3.63) is 44.8 Å². The molecule has 2 rings (SSSR count). The van der Waals surface area contributed by atoms with E-state index in [-0.39, 0.29) is 0 Å². The number of thiophene rings is 2. The maximum atomic E-state index is 5.50. The minimum Gasteiger partial charge on any atom is -0.377 e. The van der Waals surface area contributed by atoms with Gasteiger partial charge in [0.05, 0.1) is 52.9 Å². The molecule has 6 heteroatoms. The molecule has 22 heavy (non-hydrogen) atoms. The van der Waals surface area contributed by atoms with Crippen molar-refractivity contribution in [1.29, 1.82) is 0 Å². The molecule has 2 heterocycles. The van der Waals surface area contributed by atoms with Crippen LogP contribution in [-0.4, -0.2) is 39.6 Å². The topological polar surface area (TPSA) is 36.9 Å². The molecule has 0 aliphatic rings. The highest BCUT2D eigenvalue weighted by atomic mass is 32.1. The van der Waals surface area contributed by atoms with Crippen LogP contribution in [0, 0.1) is 0 Å². The van der Waals surface area contributed by atoms with Gasteiger partial charge >= 0.3 is 0 Å². The van der Waals surface area contributed by atoms with Gasteiger partial charge in [-0.3, -0.25) is 0 Å².